The van der Waals surface area contributed by atoms with Crippen molar-refractivity contribution >= 4 is 17.5 Å². The summed E-state index contributed by atoms with van der Waals surface area (Å²) < 4.78 is 13.7. The minimum atomic E-state index is -0.353. The van der Waals surface area contributed by atoms with Crippen molar-refractivity contribution in [1.29, 1.82) is 0 Å². The lowest BCUT2D eigenvalue weighted by atomic mass is 10.1. The van der Waals surface area contributed by atoms with E-state index in [-0.39, 0.29) is 18.1 Å². The largest absolute Gasteiger partial charge is 0.370 e. The van der Waals surface area contributed by atoms with Crippen LogP contribution in [0.3, 0.4) is 0 Å². The van der Waals surface area contributed by atoms with Crippen molar-refractivity contribution in [1.82, 2.24) is 15.5 Å². The highest BCUT2D eigenvalue weighted by Gasteiger charge is 2.11. The number of carbonyl (C=O) groups excluding carboxylic acids is 1. The van der Waals surface area contributed by atoms with Crippen LogP contribution in [0.1, 0.15) is 12.0 Å². The number of nitrogens with zero attached hydrogens (tertiary/aromatic N) is 1. The van der Waals surface area contributed by atoms with Gasteiger partial charge in [0, 0.05) is 35.7 Å². The van der Waals surface area contributed by atoms with Gasteiger partial charge in [-0.3, -0.25) is 9.89 Å². The molecule has 3 rings (SSSR count). The molecule has 1 heterocycles. The normalized spacial score (nSPS) is 10.1. The zero-order valence-electron chi connectivity index (χ0n) is 14.1. The Morgan fingerprint density at radius 2 is 1.85 bits per heavy atom. The fourth-order valence-electron chi connectivity index (χ4n) is 2.19. The number of rotatable bonds is 6. The van der Waals surface area contributed by atoms with Crippen LogP contribution in [0.25, 0.3) is 11.3 Å². The average molecular weight is 375 g/mol. The van der Waals surface area contributed by atoms with Crippen LogP contribution >= 0.6 is 11.6 Å². The Balaban J connectivity index is 0.000000290. The summed E-state index contributed by atoms with van der Waals surface area (Å²) in [5.74, 6) is -0.654. The third-order valence-electron chi connectivity index (χ3n) is 3.46. The molecule has 3 aromatic rings. The molecule has 0 saturated carbocycles. The Hall–Kier alpha value is -2.70. The van der Waals surface area contributed by atoms with Gasteiger partial charge in [0.25, 0.3) is 0 Å². The highest BCUT2D eigenvalue weighted by Crippen LogP contribution is 2.23. The number of nitrogens with one attached hydrogen (secondary N) is 2. The van der Waals surface area contributed by atoms with Crippen molar-refractivity contribution in [3.63, 3.8) is 0 Å². The molecule has 7 heteroatoms. The van der Waals surface area contributed by atoms with Crippen molar-refractivity contribution in [2.75, 3.05) is 6.54 Å². The molecule has 1 amide bonds. The Kier molecular flexibility index (Phi) is 7.79. The predicted molar refractivity (Wildman–Crippen MR) is 101 cm³/mol. The molecule has 136 valence electrons. The number of halogens is 2. The van der Waals surface area contributed by atoms with Crippen molar-refractivity contribution < 1.29 is 9.18 Å². The minimum absolute atomic E-state index is 0.271. The predicted octanol–water partition coefficient (Wildman–Crippen LogP) is 3.52. The number of H-pyrrole nitrogens is 1. The SMILES string of the molecule is Clc1ccccc1.NC(=O)CCNCc1cn[nH]c1-c1ccccc1F. The lowest BCUT2D eigenvalue weighted by molar-refractivity contribution is -0.117. The van der Waals surface area contributed by atoms with Gasteiger partial charge in [-0.15, -0.1) is 0 Å². The van der Waals surface area contributed by atoms with Gasteiger partial charge in [-0.2, -0.15) is 5.10 Å². The molecule has 0 aliphatic carbocycles. The molecule has 0 radical (unpaired) electrons. The molecule has 5 nitrogen and oxygen atoms in total. The number of carbonyl (C=O) groups is 1. The standard InChI is InChI=1S/C13H15FN4O.C6H5Cl/c14-11-4-2-1-3-10(11)13-9(8-17-18-13)7-16-6-5-12(15)19;7-6-4-2-1-3-5-6/h1-4,8,16H,5-7H2,(H2,15,19)(H,17,18);1-5H. The first kappa shape index (κ1) is 19.6. The van der Waals surface area contributed by atoms with Crippen molar-refractivity contribution in [2.24, 2.45) is 5.73 Å². The van der Waals surface area contributed by atoms with Gasteiger partial charge in [-0.1, -0.05) is 41.9 Å². The van der Waals surface area contributed by atoms with E-state index in [0.717, 1.165) is 10.6 Å². The summed E-state index contributed by atoms with van der Waals surface area (Å²) in [4.78, 5) is 10.6. The lowest BCUT2D eigenvalue weighted by Crippen LogP contribution is -2.21. The van der Waals surface area contributed by atoms with Gasteiger partial charge < -0.3 is 11.1 Å². The van der Waals surface area contributed by atoms with Crippen LogP contribution in [0.5, 0.6) is 0 Å². The molecular formula is C19H20ClFN4O. The first-order chi connectivity index (χ1) is 12.6. The summed E-state index contributed by atoms with van der Waals surface area (Å²) in [5.41, 5.74) is 7.01. The van der Waals surface area contributed by atoms with Crippen LogP contribution in [0.4, 0.5) is 4.39 Å². The van der Waals surface area contributed by atoms with E-state index in [2.05, 4.69) is 15.5 Å². The summed E-state index contributed by atoms with van der Waals surface area (Å²) in [6, 6.07) is 15.9. The van der Waals surface area contributed by atoms with E-state index in [1.807, 2.05) is 30.3 Å². The number of primary amides is 1. The smallest absolute Gasteiger partial charge is 0.218 e. The molecule has 0 saturated heterocycles. The number of hydrogen-bond donors (Lipinski definition) is 3. The van der Waals surface area contributed by atoms with Crippen LogP contribution in [0.15, 0.2) is 60.8 Å². The zero-order chi connectivity index (χ0) is 18.8. The van der Waals surface area contributed by atoms with E-state index >= 15 is 0 Å². The molecular weight excluding hydrogens is 355 g/mol. The quantitative estimate of drug-likeness (QED) is 0.577. The maximum absolute atomic E-state index is 13.7. The van der Waals surface area contributed by atoms with E-state index < -0.39 is 0 Å². The first-order valence-electron chi connectivity index (χ1n) is 8.04. The van der Waals surface area contributed by atoms with Crippen molar-refractivity contribution in [3.05, 3.63) is 77.2 Å². The summed E-state index contributed by atoms with van der Waals surface area (Å²) in [5, 5.41) is 10.6. The maximum Gasteiger partial charge on any atom is 0.218 e. The molecule has 26 heavy (non-hydrogen) atoms. The molecule has 1 aromatic heterocycles. The fraction of sp³-hybridized carbons (Fsp3) is 0.158. The monoisotopic (exact) mass is 374 g/mol. The minimum Gasteiger partial charge on any atom is -0.370 e. The van der Waals surface area contributed by atoms with Gasteiger partial charge in [0.15, 0.2) is 0 Å². The summed E-state index contributed by atoms with van der Waals surface area (Å²) in [6.45, 7) is 0.977. The molecule has 0 fully saturated rings. The lowest BCUT2D eigenvalue weighted by Gasteiger charge is -2.05. The molecule has 0 aliphatic rings. The van der Waals surface area contributed by atoms with E-state index in [9.17, 15) is 9.18 Å². The van der Waals surface area contributed by atoms with E-state index in [1.54, 1.807) is 24.4 Å². The van der Waals surface area contributed by atoms with Crippen LogP contribution in [0.2, 0.25) is 5.02 Å². The van der Waals surface area contributed by atoms with Gasteiger partial charge >= 0.3 is 0 Å². The number of benzene rings is 2. The Labute approximate surface area is 156 Å². The number of hydrogen-bond acceptors (Lipinski definition) is 3. The van der Waals surface area contributed by atoms with Gasteiger partial charge in [0.2, 0.25) is 5.91 Å². The van der Waals surface area contributed by atoms with Crippen LogP contribution in [0, 0.1) is 5.82 Å². The van der Waals surface area contributed by atoms with Crippen LogP contribution in [-0.4, -0.2) is 22.6 Å². The molecule has 2 aromatic carbocycles. The Bertz CT molecular complexity index is 823. The summed E-state index contributed by atoms with van der Waals surface area (Å²) >= 11 is 5.54. The number of nitrogens with two attached hydrogens (primary N) is 1. The summed E-state index contributed by atoms with van der Waals surface area (Å²) in [7, 11) is 0. The number of aromatic amines is 1. The highest BCUT2D eigenvalue weighted by atomic mass is 35.5. The Morgan fingerprint density at radius 1 is 1.15 bits per heavy atom. The fourth-order valence-corrected chi connectivity index (χ4v) is 2.34. The van der Waals surface area contributed by atoms with Gasteiger partial charge in [0.05, 0.1) is 11.9 Å². The molecule has 0 spiro atoms. The molecule has 0 atom stereocenters. The van der Waals surface area contributed by atoms with Crippen LogP contribution in [-0.2, 0) is 11.3 Å². The summed E-state index contributed by atoms with van der Waals surface area (Å²) in [6.07, 6.45) is 1.91. The highest BCUT2D eigenvalue weighted by molar-refractivity contribution is 6.30. The maximum atomic E-state index is 13.7. The first-order valence-corrected chi connectivity index (χ1v) is 8.42. The second kappa shape index (κ2) is 10.3. The van der Waals surface area contributed by atoms with Crippen LogP contribution < -0.4 is 11.1 Å². The zero-order valence-corrected chi connectivity index (χ0v) is 14.8. The van der Waals surface area contributed by atoms with E-state index in [4.69, 9.17) is 17.3 Å². The van der Waals surface area contributed by atoms with Gasteiger partial charge in [-0.05, 0) is 24.3 Å². The second-order valence-corrected chi connectivity index (χ2v) is 5.88. The number of aromatic nitrogens is 2. The van der Waals surface area contributed by atoms with Crippen molar-refractivity contribution in [3.8, 4) is 11.3 Å². The molecule has 0 unspecified atom stereocenters. The van der Waals surface area contributed by atoms with Gasteiger partial charge in [-0.25, -0.2) is 4.39 Å². The van der Waals surface area contributed by atoms with Gasteiger partial charge in [0.1, 0.15) is 5.82 Å². The van der Waals surface area contributed by atoms with E-state index in [1.165, 1.54) is 6.07 Å². The second-order valence-electron chi connectivity index (χ2n) is 5.44. The van der Waals surface area contributed by atoms with E-state index in [0.29, 0.717) is 24.3 Å². The number of amides is 1. The third kappa shape index (κ3) is 6.31. The molecule has 0 aliphatic heterocycles. The topological polar surface area (TPSA) is 83.8 Å². The molecule has 4 N–H and O–H groups in total. The average Bonchev–Trinajstić information content (AvgIpc) is 3.08. The third-order valence-corrected chi connectivity index (χ3v) is 3.71. The van der Waals surface area contributed by atoms with Crippen molar-refractivity contribution in [2.45, 2.75) is 13.0 Å². The Morgan fingerprint density at radius 3 is 2.46 bits per heavy atom. The molecule has 0 bridgehead atoms.